The summed E-state index contributed by atoms with van der Waals surface area (Å²) in [4.78, 5) is 25.6. The number of anilines is 1. The van der Waals surface area contributed by atoms with Gasteiger partial charge < -0.3 is 14.8 Å². The minimum absolute atomic E-state index is 0.108. The lowest BCUT2D eigenvalue weighted by molar-refractivity contribution is -0.118. The van der Waals surface area contributed by atoms with Crippen molar-refractivity contribution in [2.45, 2.75) is 26.2 Å². The van der Waals surface area contributed by atoms with E-state index in [0.29, 0.717) is 22.2 Å². The Labute approximate surface area is 151 Å². The Morgan fingerprint density at radius 1 is 1.28 bits per heavy atom. The van der Waals surface area contributed by atoms with E-state index in [9.17, 15) is 9.59 Å². The van der Waals surface area contributed by atoms with Crippen LogP contribution in [0.5, 0.6) is 5.75 Å². The Morgan fingerprint density at radius 2 is 2.04 bits per heavy atom. The van der Waals surface area contributed by atoms with Crippen LogP contribution < -0.4 is 10.1 Å². The Morgan fingerprint density at radius 3 is 2.76 bits per heavy atom. The summed E-state index contributed by atoms with van der Waals surface area (Å²) in [7, 11) is 1.36. The number of hydrogen-bond donors (Lipinski definition) is 1. The molecule has 0 bridgehead atoms. The van der Waals surface area contributed by atoms with Gasteiger partial charge in [-0.2, -0.15) is 0 Å². The molecular weight excluding hydrogens is 338 g/mol. The second-order valence-electron chi connectivity index (χ2n) is 6.20. The van der Waals surface area contributed by atoms with Crippen LogP contribution in [0.3, 0.4) is 0 Å². The van der Waals surface area contributed by atoms with Crippen LogP contribution in [-0.2, 0) is 22.4 Å². The molecule has 1 aromatic heterocycles. The molecule has 0 aliphatic heterocycles. The lowest BCUT2D eigenvalue weighted by Gasteiger charge is -2.18. The SMILES string of the molecule is COC(=O)c1c(NC(=O)COc2ccccc2)sc2c1CCC(C)C2. The predicted octanol–water partition coefficient (Wildman–Crippen LogP) is 3.68. The third-order valence-electron chi connectivity index (χ3n) is 4.27. The fraction of sp³-hybridized carbons (Fsp3) is 0.368. The van der Waals surface area contributed by atoms with Gasteiger partial charge in [0.25, 0.3) is 5.91 Å². The number of para-hydroxylation sites is 1. The fourth-order valence-electron chi connectivity index (χ4n) is 2.99. The van der Waals surface area contributed by atoms with Gasteiger partial charge in [0.05, 0.1) is 12.7 Å². The van der Waals surface area contributed by atoms with Crippen molar-refractivity contribution >= 4 is 28.2 Å². The highest BCUT2D eigenvalue weighted by Gasteiger charge is 2.28. The third-order valence-corrected chi connectivity index (χ3v) is 5.44. The van der Waals surface area contributed by atoms with Crippen LogP contribution in [0.25, 0.3) is 0 Å². The molecule has 1 unspecified atom stereocenters. The standard InChI is InChI=1S/C19H21NO4S/c1-12-8-9-14-15(10-12)25-18(17(14)19(22)23-2)20-16(21)11-24-13-6-4-3-5-7-13/h3-7,12H,8-11H2,1-2H3,(H,20,21). The number of rotatable bonds is 5. The van der Waals surface area contributed by atoms with Gasteiger partial charge in [-0.1, -0.05) is 25.1 Å². The van der Waals surface area contributed by atoms with Crippen LogP contribution in [0.2, 0.25) is 0 Å². The molecule has 132 valence electrons. The molecule has 25 heavy (non-hydrogen) atoms. The second kappa shape index (κ2) is 7.70. The first kappa shape index (κ1) is 17.5. The maximum atomic E-state index is 12.2. The molecule has 1 aliphatic rings. The van der Waals surface area contributed by atoms with Gasteiger partial charge >= 0.3 is 5.97 Å². The smallest absolute Gasteiger partial charge is 0.341 e. The molecule has 1 N–H and O–H groups in total. The summed E-state index contributed by atoms with van der Waals surface area (Å²) >= 11 is 1.47. The lowest BCUT2D eigenvalue weighted by atomic mass is 9.88. The number of methoxy groups -OCH3 is 1. The number of thiophene rings is 1. The van der Waals surface area contributed by atoms with Crippen LogP contribution >= 0.6 is 11.3 Å². The molecule has 2 aromatic rings. The zero-order valence-electron chi connectivity index (χ0n) is 14.3. The van der Waals surface area contributed by atoms with Gasteiger partial charge in [0.1, 0.15) is 10.8 Å². The first-order chi connectivity index (χ1) is 12.1. The van der Waals surface area contributed by atoms with Crippen LogP contribution in [0.4, 0.5) is 5.00 Å². The van der Waals surface area contributed by atoms with Crippen molar-refractivity contribution in [3.8, 4) is 5.75 Å². The largest absolute Gasteiger partial charge is 0.484 e. The van der Waals surface area contributed by atoms with Crippen LogP contribution in [-0.4, -0.2) is 25.6 Å². The normalized spacial score (nSPS) is 16.0. The summed E-state index contributed by atoms with van der Waals surface area (Å²) in [5.74, 6) is 0.527. The molecule has 0 radical (unpaired) electrons. The summed E-state index contributed by atoms with van der Waals surface area (Å²) in [6.07, 6.45) is 2.81. The maximum absolute atomic E-state index is 12.2. The molecule has 1 aromatic carbocycles. The van der Waals surface area contributed by atoms with Gasteiger partial charge in [-0.25, -0.2) is 4.79 Å². The van der Waals surface area contributed by atoms with Gasteiger partial charge in [-0.05, 0) is 42.9 Å². The number of benzene rings is 1. The zero-order valence-corrected chi connectivity index (χ0v) is 15.2. The maximum Gasteiger partial charge on any atom is 0.341 e. The second-order valence-corrected chi connectivity index (χ2v) is 7.30. The number of esters is 1. The van der Waals surface area contributed by atoms with Crippen molar-refractivity contribution in [1.29, 1.82) is 0 Å². The average molecular weight is 359 g/mol. The summed E-state index contributed by atoms with van der Waals surface area (Å²) in [5.41, 5.74) is 1.52. The topological polar surface area (TPSA) is 64.6 Å². The molecule has 6 heteroatoms. The van der Waals surface area contributed by atoms with Gasteiger partial charge in [0, 0.05) is 4.88 Å². The van der Waals surface area contributed by atoms with Gasteiger partial charge in [-0.15, -0.1) is 11.3 Å². The van der Waals surface area contributed by atoms with Gasteiger partial charge in [0.15, 0.2) is 6.61 Å². The Kier molecular flexibility index (Phi) is 5.38. The predicted molar refractivity (Wildman–Crippen MR) is 97.4 cm³/mol. The average Bonchev–Trinajstić information content (AvgIpc) is 2.97. The first-order valence-electron chi connectivity index (χ1n) is 8.29. The number of carbonyl (C=O) groups excluding carboxylic acids is 2. The van der Waals surface area contributed by atoms with Crippen molar-refractivity contribution in [3.63, 3.8) is 0 Å². The molecule has 0 fully saturated rings. The van der Waals surface area contributed by atoms with E-state index >= 15 is 0 Å². The number of fused-ring (bicyclic) bond motifs is 1. The van der Waals surface area contributed by atoms with E-state index in [1.807, 2.05) is 18.2 Å². The van der Waals surface area contributed by atoms with Crippen molar-refractivity contribution in [3.05, 3.63) is 46.3 Å². The molecule has 0 saturated heterocycles. The third kappa shape index (κ3) is 4.02. The van der Waals surface area contributed by atoms with Crippen LogP contribution in [0.15, 0.2) is 30.3 Å². The molecule has 1 aliphatic carbocycles. The first-order valence-corrected chi connectivity index (χ1v) is 9.10. The van der Waals surface area contributed by atoms with E-state index in [1.165, 1.54) is 23.3 Å². The van der Waals surface area contributed by atoms with Crippen molar-refractivity contribution in [2.75, 3.05) is 19.0 Å². The Hall–Kier alpha value is -2.34. The number of nitrogens with one attached hydrogen (secondary N) is 1. The molecule has 5 nitrogen and oxygen atoms in total. The molecule has 1 heterocycles. The fourth-order valence-corrected chi connectivity index (χ4v) is 4.40. The monoisotopic (exact) mass is 359 g/mol. The van der Waals surface area contributed by atoms with E-state index in [4.69, 9.17) is 9.47 Å². The van der Waals surface area contributed by atoms with Crippen molar-refractivity contribution in [2.24, 2.45) is 5.92 Å². The number of hydrogen-bond acceptors (Lipinski definition) is 5. The molecule has 1 amide bonds. The van der Waals surface area contributed by atoms with E-state index in [1.54, 1.807) is 12.1 Å². The van der Waals surface area contributed by atoms with Crippen LogP contribution in [0.1, 0.15) is 34.1 Å². The summed E-state index contributed by atoms with van der Waals surface area (Å²) in [6.45, 7) is 2.09. The molecule has 0 spiro atoms. The van der Waals surface area contributed by atoms with E-state index in [0.717, 1.165) is 24.8 Å². The summed E-state index contributed by atoms with van der Waals surface area (Å²) < 4.78 is 10.4. The van der Waals surface area contributed by atoms with Crippen molar-refractivity contribution in [1.82, 2.24) is 0 Å². The minimum atomic E-state index is -0.397. The highest BCUT2D eigenvalue weighted by atomic mass is 32.1. The lowest BCUT2D eigenvalue weighted by Crippen LogP contribution is -2.21. The number of amides is 1. The Balaban J connectivity index is 1.75. The van der Waals surface area contributed by atoms with Crippen molar-refractivity contribution < 1.29 is 19.1 Å². The van der Waals surface area contributed by atoms with Gasteiger partial charge in [-0.3, -0.25) is 4.79 Å². The Bertz CT molecular complexity index is 769. The summed E-state index contributed by atoms with van der Waals surface area (Å²) in [5, 5.41) is 3.38. The summed E-state index contributed by atoms with van der Waals surface area (Å²) in [6, 6.07) is 9.15. The number of carbonyl (C=O) groups is 2. The van der Waals surface area contributed by atoms with E-state index in [2.05, 4.69) is 12.2 Å². The van der Waals surface area contributed by atoms with E-state index in [-0.39, 0.29) is 12.5 Å². The molecule has 3 rings (SSSR count). The minimum Gasteiger partial charge on any atom is -0.484 e. The molecule has 1 atom stereocenters. The zero-order chi connectivity index (χ0) is 17.8. The van der Waals surface area contributed by atoms with E-state index < -0.39 is 5.97 Å². The quantitative estimate of drug-likeness (QED) is 0.827. The van der Waals surface area contributed by atoms with Gasteiger partial charge in [0.2, 0.25) is 0 Å². The number of ether oxygens (including phenoxy) is 2. The molecule has 0 saturated carbocycles. The molecular formula is C19H21NO4S. The highest BCUT2D eigenvalue weighted by molar-refractivity contribution is 7.17. The van der Waals surface area contributed by atoms with Crippen LogP contribution in [0, 0.1) is 5.92 Å². The highest BCUT2D eigenvalue weighted by Crippen LogP contribution is 2.40.